The number of carboxylic acids is 1. The first-order valence-corrected chi connectivity index (χ1v) is 19.5. The highest BCUT2D eigenvalue weighted by Gasteiger charge is 2.45. The Morgan fingerprint density at radius 2 is 1.51 bits per heavy atom. The van der Waals surface area contributed by atoms with E-state index in [1.54, 1.807) is 0 Å². The van der Waals surface area contributed by atoms with Crippen LogP contribution in [0.5, 0.6) is 5.75 Å². The van der Waals surface area contributed by atoms with Crippen LogP contribution in [0, 0.1) is 0 Å². The fourth-order valence-electron chi connectivity index (χ4n) is 7.79. The number of nitrogen functional groups attached to an aromatic ring is 1. The summed E-state index contributed by atoms with van der Waals surface area (Å²) < 4.78 is 5.73. The Labute approximate surface area is 340 Å². The van der Waals surface area contributed by atoms with Gasteiger partial charge in [-0.1, -0.05) is 73.9 Å². The lowest BCUT2D eigenvalue weighted by Gasteiger charge is -2.39. The molecular formula is C42H51N7O10. The summed E-state index contributed by atoms with van der Waals surface area (Å²) in [7, 11) is 0. The van der Waals surface area contributed by atoms with Crippen molar-refractivity contribution in [3.05, 3.63) is 83.4 Å². The molecule has 3 aromatic carbocycles. The predicted molar refractivity (Wildman–Crippen MR) is 215 cm³/mol. The molecule has 0 spiro atoms. The molecule has 5 rings (SSSR count). The fourth-order valence-corrected chi connectivity index (χ4v) is 7.79. The highest BCUT2D eigenvalue weighted by Crippen LogP contribution is 2.44. The van der Waals surface area contributed by atoms with Crippen molar-refractivity contribution in [1.29, 1.82) is 0 Å². The third kappa shape index (κ3) is 10.7. The standard InChI is InChI=1S/C42H51N7O10/c1-41(17-9-14-35(52)53,49-40(58)59-23-29-27-12-5-3-10-25(27)26-11-4-6-13-28(26)29)38(56)47-32(21-24-15-16-33(50)30(43)20-24)37(55)48-42(18-7-2-8-19-42)39(57)46-31(36(45)54)22-34(44)51/h3-6,10-13,15-16,20,29,31-32,50H,2,7-9,14,17-19,21-23,43H2,1H3,(H2,44,51)(H2,45,54)(H,46,57)(H,47,56)(H,48,55)(H,49,58)(H,52,53)/t31-,32-,41-/m0/s1. The molecule has 0 saturated heterocycles. The summed E-state index contributed by atoms with van der Waals surface area (Å²) in [5, 5.41) is 30.0. The molecule has 3 atom stereocenters. The quantitative estimate of drug-likeness (QED) is 0.0663. The minimum absolute atomic E-state index is 0.00140. The number of primary amides is 2. The number of benzene rings is 3. The van der Waals surface area contributed by atoms with Gasteiger partial charge in [-0.3, -0.25) is 28.8 Å². The predicted octanol–water partition coefficient (Wildman–Crippen LogP) is 2.22. The number of carboxylic acid groups (broad SMARTS) is 1. The molecular weight excluding hydrogens is 763 g/mol. The molecule has 0 unspecified atom stereocenters. The van der Waals surface area contributed by atoms with E-state index in [4.69, 9.17) is 21.9 Å². The van der Waals surface area contributed by atoms with Gasteiger partial charge >= 0.3 is 12.1 Å². The lowest BCUT2D eigenvalue weighted by Crippen LogP contribution is -2.66. The molecule has 12 N–H and O–H groups in total. The van der Waals surface area contributed by atoms with E-state index in [9.17, 15) is 43.8 Å². The largest absolute Gasteiger partial charge is 0.506 e. The zero-order valence-corrected chi connectivity index (χ0v) is 32.8. The molecule has 2 aliphatic carbocycles. The first-order valence-electron chi connectivity index (χ1n) is 19.5. The van der Waals surface area contributed by atoms with Crippen LogP contribution in [0.15, 0.2) is 66.7 Å². The number of aromatic hydroxyl groups is 1. The Balaban J connectivity index is 1.39. The topological polar surface area (TPSA) is 295 Å². The zero-order chi connectivity index (χ0) is 42.9. The van der Waals surface area contributed by atoms with E-state index in [1.165, 1.54) is 25.1 Å². The molecule has 0 bridgehead atoms. The average molecular weight is 814 g/mol. The summed E-state index contributed by atoms with van der Waals surface area (Å²) in [6.45, 7) is 1.32. The molecule has 0 heterocycles. The van der Waals surface area contributed by atoms with Gasteiger partial charge in [-0.25, -0.2) is 4.79 Å². The van der Waals surface area contributed by atoms with Gasteiger partial charge in [0, 0.05) is 18.8 Å². The molecule has 0 aliphatic heterocycles. The SMILES string of the molecule is C[C@@](CCCC(=O)O)(NC(=O)OCC1c2ccccc2-c2ccccc21)C(=O)N[C@@H](Cc1ccc(O)c(N)c1)C(=O)NC1(C(=O)N[C@@H](CC(N)=O)C(N)=O)CCCCC1. The molecule has 0 radical (unpaired) electrons. The molecule has 1 fully saturated rings. The number of hydrogen-bond acceptors (Lipinski definition) is 10. The number of aliphatic carboxylic acids is 1. The number of fused-ring (bicyclic) bond motifs is 3. The smallest absolute Gasteiger partial charge is 0.408 e. The normalized spacial score (nSPS) is 16.2. The van der Waals surface area contributed by atoms with Gasteiger partial charge in [-0.05, 0) is 72.6 Å². The third-order valence-electron chi connectivity index (χ3n) is 11.0. The second kappa shape index (κ2) is 18.7. The van der Waals surface area contributed by atoms with Gasteiger partial charge in [-0.15, -0.1) is 0 Å². The molecule has 1 saturated carbocycles. The Morgan fingerprint density at radius 3 is 2.08 bits per heavy atom. The van der Waals surface area contributed by atoms with E-state index >= 15 is 0 Å². The van der Waals surface area contributed by atoms with Crippen LogP contribution in [-0.2, 0) is 39.9 Å². The molecule has 6 amide bonds. The number of nitrogens with two attached hydrogens (primary N) is 3. The number of phenolic OH excluding ortho intramolecular Hbond substituents is 1. The van der Waals surface area contributed by atoms with Crippen LogP contribution in [0.3, 0.4) is 0 Å². The highest BCUT2D eigenvalue weighted by atomic mass is 16.5. The lowest BCUT2D eigenvalue weighted by atomic mass is 9.80. The molecule has 314 valence electrons. The number of carbonyl (C=O) groups excluding carboxylic acids is 6. The molecule has 59 heavy (non-hydrogen) atoms. The van der Waals surface area contributed by atoms with Crippen LogP contribution in [0.4, 0.5) is 10.5 Å². The van der Waals surface area contributed by atoms with Gasteiger partial charge in [0.25, 0.3) is 0 Å². The van der Waals surface area contributed by atoms with Gasteiger partial charge in [0.05, 0.1) is 12.1 Å². The average Bonchev–Trinajstić information content (AvgIpc) is 3.51. The first kappa shape index (κ1) is 43.5. The van der Waals surface area contributed by atoms with Crippen LogP contribution in [0.25, 0.3) is 11.1 Å². The van der Waals surface area contributed by atoms with Crippen LogP contribution in [0.2, 0.25) is 0 Å². The maximum Gasteiger partial charge on any atom is 0.408 e. The minimum Gasteiger partial charge on any atom is -0.506 e. The molecule has 17 nitrogen and oxygen atoms in total. The minimum atomic E-state index is -1.81. The maximum atomic E-state index is 14.4. The van der Waals surface area contributed by atoms with Crippen LogP contribution >= 0.6 is 0 Å². The molecule has 2 aliphatic rings. The number of hydrogen-bond donors (Lipinski definition) is 9. The number of ether oxygens (including phenoxy) is 1. The lowest BCUT2D eigenvalue weighted by molar-refractivity contribution is -0.139. The number of phenols is 1. The molecule has 0 aromatic heterocycles. The van der Waals surface area contributed by atoms with E-state index < -0.39 is 71.2 Å². The fraction of sp³-hybridized carbons (Fsp3) is 0.405. The number of carbonyl (C=O) groups is 7. The van der Waals surface area contributed by atoms with Crippen molar-refractivity contribution in [2.75, 3.05) is 12.3 Å². The van der Waals surface area contributed by atoms with Crippen molar-refractivity contribution in [3.63, 3.8) is 0 Å². The van der Waals surface area contributed by atoms with E-state index in [0.29, 0.717) is 18.4 Å². The monoisotopic (exact) mass is 813 g/mol. The summed E-state index contributed by atoms with van der Waals surface area (Å²) in [6, 6.07) is 16.9. The summed E-state index contributed by atoms with van der Waals surface area (Å²) in [5.74, 6) is -5.96. The Bertz CT molecular complexity index is 2060. The summed E-state index contributed by atoms with van der Waals surface area (Å²) in [5.41, 5.74) is 17.6. The number of nitrogens with one attached hydrogen (secondary N) is 4. The van der Waals surface area contributed by atoms with Crippen molar-refractivity contribution in [3.8, 4) is 16.9 Å². The number of anilines is 1. The van der Waals surface area contributed by atoms with Gasteiger partial charge in [0.15, 0.2) is 0 Å². The van der Waals surface area contributed by atoms with Crippen LogP contribution < -0.4 is 38.5 Å². The molecule has 17 heteroatoms. The van der Waals surface area contributed by atoms with Gasteiger partial charge < -0.3 is 53.4 Å². The number of alkyl carbamates (subject to hydrolysis) is 1. The Kier molecular flexibility index (Phi) is 13.8. The van der Waals surface area contributed by atoms with Crippen molar-refractivity contribution in [2.45, 2.75) is 100 Å². The molecule has 3 aromatic rings. The second-order valence-electron chi connectivity index (χ2n) is 15.4. The van der Waals surface area contributed by atoms with E-state index in [1.807, 2.05) is 48.5 Å². The third-order valence-corrected chi connectivity index (χ3v) is 11.0. The van der Waals surface area contributed by atoms with E-state index in [-0.39, 0.29) is 62.5 Å². The van der Waals surface area contributed by atoms with Crippen LogP contribution in [0.1, 0.15) is 87.3 Å². The van der Waals surface area contributed by atoms with Crippen molar-refractivity contribution < 1.29 is 48.5 Å². The van der Waals surface area contributed by atoms with Gasteiger partial charge in [-0.2, -0.15) is 0 Å². The Hall–Kier alpha value is -6.65. The summed E-state index contributed by atoms with van der Waals surface area (Å²) in [6.07, 6.45) is -0.189. The number of rotatable bonds is 18. The van der Waals surface area contributed by atoms with Crippen molar-refractivity contribution in [1.82, 2.24) is 21.3 Å². The summed E-state index contributed by atoms with van der Waals surface area (Å²) in [4.78, 5) is 91.4. The maximum absolute atomic E-state index is 14.4. The Morgan fingerprint density at radius 1 is 0.881 bits per heavy atom. The highest BCUT2D eigenvalue weighted by molar-refractivity contribution is 5.99. The van der Waals surface area contributed by atoms with Crippen molar-refractivity contribution >= 4 is 47.3 Å². The van der Waals surface area contributed by atoms with Gasteiger partial charge in [0.2, 0.25) is 29.5 Å². The van der Waals surface area contributed by atoms with Gasteiger partial charge in [0.1, 0.15) is 35.5 Å². The zero-order valence-electron chi connectivity index (χ0n) is 32.8. The second-order valence-corrected chi connectivity index (χ2v) is 15.4. The number of amides is 6. The van der Waals surface area contributed by atoms with Crippen molar-refractivity contribution in [2.24, 2.45) is 11.5 Å². The van der Waals surface area contributed by atoms with Crippen LogP contribution in [-0.4, -0.2) is 81.6 Å². The van der Waals surface area contributed by atoms with E-state index in [2.05, 4.69) is 21.3 Å². The van der Waals surface area contributed by atoms with E-state index in [0.717, 1.165) is 28.7 Å². The summed E-state index contributed by atoms with van der Waals surface area (Å²) >= 11 is 0. The first-order chi connectivity index (χ1) is 28.0.